The van der Waals surface area contributed by atoms with Crippen LogP contribution in [-0.2, 0) is 4.79 Å². The van der Waals surface area contributed by atoms with Gasteiger partial charge in [-0.05, 0) is 13.3 Å². The fraction of sp³-hybridized carbons (Fsp3) is 0.778. The lowest BCUT2D eigenvalue weighted by atomic mass is 10.0. The number of piperidine rings is 1. The van der Waals surface area contributed by atoms with Crippen LogP contribution in [0.2, 0.25) is 0 Å². The monoisotopic (exact) mass is 214 g/mol. The minimum Gasteiger partial charge on any atom is -0.409 e. The normalized spacial score (nSPS) is 25.5. The van der Waals surface area contributed by atoms with Crippen LogP contribution in [-0.4, -0.2) is 47.5 Å². The van der Waals surface area contributed by atoms with Crippen LogP contribution >= 0.6 is 0 Å². The first-order valence-electron chi connectivity index (χ1n) is 5.02. The Bertz CT molecular complexity index is 267. The number of likely N-dealkylation sites (N-methyl/N-ethyl adjacent to an activating group) is 1. The first-order valence-corrected chi connectivity index (χ1v) is 5.02. The molecule has 86 valence electrons. The Kier molecular flexibility index (Phi) is 3.90. The van der Waals surface area contributed by atoms with Crippen LogP contribution in [0, 0.1) is 0 Å². The van der Waals surface area contributed by atoms with Crippen molar-refractivity contribution in [3.05, 3.63) is 0 Å². The van der Waals surface area contributed by atoms with Crippen molar-refractivity contribution in [3.8, 4) is 0 Å². The lowest BCUT2D eigenvalue weighted by molar-refractivity contribution is -0.132. The summed E-state index contributed by atoms with van der Waals surface area (Å²) in [6.07, 6.45) is 1.35. The van der Waals surface area contributed by atoms with E-state index < -0.39 is 0 Å². The molecule has 0 aromatic heterocycles. The predicted octanol–water partition coefficient (Wildman–Crippen LogP) is -0.668. The van der Waals surface area contributed by atoms with Gasteiger partial charge in [0, 0.05) is 26.1 Å². The van der Waals surface area contributed by atoms with Crippen LogP contribution in [0.15, 0.2) is 5.16 Å². The molecular weight excluding hydrogens is 196 g/mol. The molecule has 1 saturated heterocycles. The average Bonchev–Trinajstić information content (AvgIpc) is 2.22. The minimum atomic E-state index is -0.179. The lowest BCUT2D eigenvalue weighted by Gasteiger charge is -2.31. The number of hydrogen-bond donors (Lipinski definition) is 3. The Morgan fingerprint density at radius 3 is 3.00 bits per heavy atom. The maximum Gasteiger partial charge on any atom is 0.222 e. The van der Waals surface area contributed by atoms with Crippen molar-refractivity contribution in [1.82, 2.24) is 10.2 Å². The smallest absolute Gasteiger partial charge is 0.222 e. The summed E-state index contributed by atoms with van der Waals surface area (Å²) in [5.74, 6) is 0.332. The molecule has 1 aliphatic heterocycles. The van der Waals surface area contributed by atoms with Crippen molar-refractivity contribution in [2.24, 2.45) is 10.9 Å². The van der Waals surface area contributed by atoms with E-state index in [4.69, 9.17) is 10.9 Å². The summed E-state index contributed by atoms with van der Waals surface area (Å²) in [5.41, 5.74) is 5.45. The van der Waals surface area contributed by atoms with Gasteiger partial charge in [0.15, 0.2) is 5.84 Å². The van der Waals surface area contributed by atoms with E-state index in [1.165, 1.54) is 0 Å². The van der Waals surface area contributed by atoms with Gasteiger partial charge in [0.1, 0.15) is 0 Å². The summed E-state index contributed by atoms with van der Waals surface area (Å²) in [5, 5.41) is 14.6. The molecule has 4 N–H and O–H groups in total. The van der Waals surface area contributed by atoms with Gasteiger partial charge in [-0.25, -0.2) is 0 Å². The summed E-state index contributed by atoms with van der Waals surface area (Å²) in [6, 6.07) is 0.0320. The van der Waals surface area contributed by atoms with E-state index in [9.17, 15) is 4.79 Å². The summed E-state index contributed by atoms with van der Waals surface area (Å²) in [7, 11) is 1.78. The van der Waals surface area contributed by atoms with Crippen LogP contribution < -0.4 is 11.1 Å². The summed E-state index contributed by atoms with van der Waals surface area (Å²) < 4.78 is 0. The maximum atomic E-state index is 11.2. The number of nitrogens with zero attached hydrogens (tertiary/aromatic N) is 2. The molecule has 0 bridgehead atoms. The van der Waals surface area contributed by atoms with Gasteiger partial charge in [-0.15, -0.1) is 0 Å². The van der Waals surface area contributed by atoms with Crippen LogP contribution in [0.25, 0.3) is 0 Å². The molecule has 6 heteroatoms. The molecule has 0 spiro atoms. The second-order valence-corrected chi connectivity index (χ2v) is 3.92. The van der Waals surface area contributed by atoms with Crippen molar-refractivity contribution >= 4 is 11.7 Å². The Balaban J connectivity index is 2.43. The van der Waals surface area contributed by atoms with Crippen LogP contribution in [0.1, 0.15) is 19.8 Å². The Morgan fingerprint density at radius 2 is 2.47 bits per heavy atom. The number of carbonyl (C=O) groups excluding carboxylic acids is 1. The first kappa shape index (κ1) is 11.8. The highest BCUT2D eigenvalue weighted by atomic mass is 16.4. The second kappa shape index (κ2) is 4.97. The molecule has 1 aliphatic rings. The highest BCUT2D eigenvalue weighted by molar-refractivity contribution is 5.84. The Morgan fingerprint density at radius 1 is 1.80 bits per heavy atom. The SMILES string of the molecule is CC(NC1CCC(=O)N(C)C1)C(N)=NO. The van der Waals surface area contributed by atoms with Crippen molar-refractivity contribution in [2.45, 2.75) is 31.8 Å². The van der Waals surface area contributed by atoms with Gasteiger partial charge in [-0.1, -0.05) is 5.16 Å². The molecular formula is C9H18N4O2. The number of nitrogens with one attached hydrogen (secondary N) is 1. The molecule has 1 rings (SSSR count). The van der Waals surface area contributed by atoms with Crippen LogP contribution in [0.5, 0.6) is 0 Å². The van der Waals surface area contributed by atoms with Crippen LogP contribution in [0.3, 0.4) is 0 Å². The number of nitrogens with two attached hydrogens (primary N) is 1. The fourth-order valence-corrected chi connectivity index (χ4v) is 1.67. The minimum absolute atomic E-state index is 0.162. The maximum absolute atomic E-state index is 11.2. The first-order chi connectivity index (χ1) is 7.04. The topological polar surface area (TPSA) is 91.0 Å². The number of amidine groups is 1. The standard InChI is InChI=1S/C9H18N4O2/c1-6(9(10)12-15)11-7-3-4-8(14)13(2)5-7/h6-7,11,15H,3-5H2,1-2H3,(H2,10,12). The number of amides is 1. The lowest BCUT2D eigenvalue weighted by Crippen LogP contribution is -2.52. The summed E-state index contributed by atoms with van der Waals surface area (Å²) >= 11 is 0. The van der Waals surface area contributed by atoms with Crippen molar-refractivity contribution < 1.29 is 10.0 Å². The Labute approximate surface area is 89.1 Å². The molecule has 2 unspecified atom stereocenters. The zero-order valence-corrected chi connectivity index (χ0v) is 9.10. The average molecular weight is 214 g/mol. The van der Waals surface area contributed by atoms with E-state index in [-0.39, 0.29) is 23.8 Å². The molecule has 0 saturated carbocycles. The van der Waals surface area contributed by atoms with Crippen molar-refractivity contribution in [3.63, 3.8) is 0 Å². The van der Waals surface area contributed by atoms with Gasteiger partial charge in [0.2, 0.25) is 5.91 Å². The number of oxime groups is 1. The molecule has 2 atom stereocenters. The molecule has 6 nitrogen and oxygen atoms in total. The van der Waals surface area contributed by atoms with Crippen molar-refractivity contribution in [2.75, 3.05) is 13.6 Å². The van der Waals surface area contributed by atoms with E-state index in [1.807, 2.05) is 6.92 Å². The molecule has 1 amide bonds. The van der Waals surface area contributed by atoms with Gasteiger partial charge < -0.3 is 21.2 Å². The number of carbonyl (C=O) groups is 1. The molecule has 15 heavy (non-hydrogen) atoms. The van der Waals surface area contributed by atoms with Crippen LogP contribution in [0.4, 0.5) is 0 Å². The molecule has 0 aliphatic carbocycles. The second-order valence-electron chi connectivity index (χ2n) is 3.92. The zero-order chi connectivity index (χ0) is 11.4. The highest BCUT2D eigenvalue weighted by Crippen LogP contribution is 2.10. The summed E-state index contributed by atoms with van der Waals surface area (Å²) in [6.45, 7) is 2.49. The number of likely N-dealkylation sites (tertiary alicyclic amines) is 1. The largest absolute Gasteiger partial charge is 0.409 e. The molecule has 0 aromatic rings. The van der Waals surface area contributed by atoms with Gasteiger partial charge >= 0.3 is 0 Å². The molecule has 0 radical (unpaired) electrons. The van der Waals surface area contributed by atoms with E-state index in [0.29, 0.717) is 13.0 Å². The third-order valence-corrected chi connectivity index (χ3v) is 2.67. The Hall–Kier alpha value is -1.30. The van der Waals surface area contributed by atoms with Gasteiger partial charge in [-0.3, -0.25) is 4.79 Å². The summed E-state index contributed by atoms with van der Waals surface area (Å²) in [4.78, 5) is 12.9. The zero-order valence-electron chi connectivity index (χ0n) is 9.10. The molecule has 1 heterocycles. The van der Waals surface area contributed by atoms with Crippen molar-refractivity contribution in [1.29, 1.82) is 0 Å². The van der Waals surface area contributed by atoms with Gasteiger partial charge in [0.05, 0.1) is 6.04 Å². The third-order valence-electron chi connectivity index (χ3n) is 2.67. The number of rotatable bonds is 3. The van der Waals surface area contributed by atoms with E-state index in [1.54, 1.807) is 11.9 Å². The highest BCUT2D eigenvalue weighted by Gasteiger charge is 2.24. The van der Waals surface area contributed by atoms with E-state index >= 15 is 0 Å². The molecule has 1 fully saturated rings. The number of hydrogen-bond acceptors (Lipinski definition) is 4. The third kappa shape index (κ3) is 3.09. The van der Waals surface area contributed by atoms with Gasteiger partial charge in [0.25, 0.3) is 0 Å². The van der Waals surface area contributed by atoms with Gasteiger partial charge in [-0.2, -0.15) is 0 Å². The molecule has 0 aromatic carbocycles. The fourth-order valence-electron chi connectivity index (χ4n) is 1.67. The van der Waals surface area contributed by atoms with E-state index in [0.717, 1.165) is 6.42 Å². The van der Waals surface area contributed by atoms with E-state index in [2.05, 4.69) is 10.5 Å². The quantitative estimate of drug-likeness (QED) is 0.251. The predicted molar refractivity (Wildman–Crippen MR) is 56.7 cm³/mol.